The number of fused-ring (bicyclic) bond motifs is 1. The van der Waals surface area contributed by atoms with E-state index in [2.05, 4.69) is 4.98 Å². The molecule has 0 radical (unpaired) electrons. The third kappa shape index (κ3) is 6.35. The number of thiazole rings is 1. The summed E-state index contributed by atoms with van der Waals surface area (Å²) >= 11 is 7.71. The second-order valence-electron chi connectivity index (χ2n) is 7.06. The number of halogens is 2. The Morgan fingerprint density at radius 2 is 2.12 bits per heavy atom. The van der Waals surface area contributed by atoms with Gasteiger partial charge >= 0.3 is 0 Å². The van der Waals surface area contributed by atoms with E-state index in [1.54, 1.807) is 35.6 Å². The molecule has 4 rings (SSSR count). The van der Waals surface area contributed by atoms with E-state index in [4.69, 9.17) is 21.3 Å². The highest BCUT2D eigenvalue weighted by Crippen LogP contribution is 2.32. The van der Waals surface area contributed by atoms with Gasteiger partial charge in [-0.1, -0.05) is 41.1 Å². The third-order valence-corrected chi connectivity index (χ3v) is 6.21. The molecule has 0 aliphatic rings. The lowest BCUT2D eigenvalue weighted by Crippen LogP contribution is -2.30. The van der Waals surface area contributed by atoms with Crippen molar-refractivity contribution in [3.8, 4) is 5.75 Å². The first-order chi connectivity index (χ1) is 15.6. The molecule has 1 amide bonds. The molecule has 0 atom stereocenters. The molecule has 0 bridgehead atoms. The fourth-order valence-electron chi connectivity index (χ4n) is 3.26. The number of hydrogen-bond donors (Lipinski definition) is 0. The van der Waals surface area contributed by atoms with Gasteiger partial charge in [-0.15, -0.1) is 12.4 Å². The molecule has 0 N–H and O–H groups in total. The molecule has 2 heterocycles. The highest BCUT2D eigenvalue weighted by Gasteiger charge is 2.18. The van der Waals surface area contributed by atoms with Crippen molar-refractivity contribution in [1.82, 2.24) is 14.5 Å². The minimum absolute atomic E-state index is 0. The number of nitrogens with zero attached hydrogens (tertiary/aromatic N) is 4. The van der Waals surface area contributed by atoms with Gasteiger partial charge in [0.1, 0.15) is 5.75 Å². The van der Waals surface area contributed by atoms with Crippen LogP contribution in [0.4, 0.5) is 5.13 Å². The average Bonchev–Trinajstić information content (AvgIpc) is 3.45. The lowest BCUT2D eigenvalue weighted by molar-refractivity contribution is -0.114. The molecule has 0 aliphatic heterocycles. The van der Waals surface area contributed by atoms with Crippen molar-refractivity contribution in [3.63, 3.8) is 0 Å². The van der Waals surface area contributed by atoms with Crippen LogP contribution in [0.3, 0.4) is 0 Å². The van der Waals surface area contributed by atoms with Crippen LogP contribution in [0.25, 0.3) is 16.3 Å². The number of aryl methyl sites for hydroxylation is 1. The van der Waals surface area contributed by atoms with Crippen LogP contribution in [0.5, 0.6) is 5.75 Å². The summed E-state index contributed by atoms with van der Waals surface area (Å²) in [7, 11) is 0. The number of anilines is 1. The summed E-state index contributed by atoms with van der Waals surface area (Å²) < 4.78 is 8.58. The molecule has 2 aromatic carbocycles. The number of ether oxygens (including phenoxy) is 1. The van der Waals surface area contributed by atoms with Gasteiger partial charge in [-0.3, -0.25) is 9.69 Å². The SMILES string of the molecule is CCOc1ccc2nc(N(CCCn3ccnc3)C(=O)/C=C/c3ccccc3Cl)sc2c1.Cl. The molecule has 0 spiro atoms. The van der Waals surface area contributed by atoms with Gasteiger partial charge in [0.2, 0.25) is 0 Å². The van der Waals surface area contributed by atoms with Crippen LogP contribution in [0, 0.1) is 0 Å². The van der Waals surface area contributed by atoms with Crippen molar-refractivity contribution in [3.05, 3.63) is 77.8 Å². The molecule has 4 aromatic rings. The number of benzene rings is 2. The Hall–Kier alpha value is -2.87. The highest BCUT2D eigenvalue weighted by atomic mass is 35.5. The first kappa shape index (κ1) is 24.8. The lowest BCUT2D eigenvalue weighted by atomic mass is 10.2. The van der Waals surface area contributed by atoms with Crippen LogP contribution in [-0.2, 0) is 11.3 Å². The molecule has 172 valence electrons. The van der Waals surface area contributed by atoms with Crippen molar-refractivity contribution in [2.75, 3.05) is 18.1 Å². The van der Waals surface area contributed by atoms with Crippen LogP contribution < -0.4 is 9.64 Å². The number of imidazole rings is 1. The van der Waals surface area contributed by atoms with E-state index in [1.807, 2.05) is 54.1 Å². The van der Waals surface area contributed by atoms with Gasteiger partial charge in [-0.05, 0) is 49.2 Å². The van der Waals surface area contributed by atoms with E-state index in [9.17, 15) is 4.79 Å². The summed E-state index contributed by atoms with van der Waals surface area (Å²) in [6.45, 7) is 3.84. The first-order valence-electron chi connectivity index (χ1n) is 10.4. The zero-order valence-corrected chi connectivity index (χ0v) is 20.4. The Kier molecular flexibility index (Phi) is 8.88. The normalized spacial score (nSPS) is 11.0. The summed E-state index contributed by atoms with van der Waals surface area (Å²) in [5.41, 5.74) is 1.64. The van der Waals surface area contributed by atoms with Crippen LogP contribution >= 0.6 is 35.3 Å². The van der Waals surface area contributed by atoms with Crippen LogP contribution in [0.1, 0.15) is 18.9 Å². The molecule has 2 aromatic heterocycles. The highest BCUT2D eigenvalue weighted by molar-refractivity contribution is 7.22. The van der Waals surface area contributed by atoms with Crippen LogP contribution in [0.2, 0.25) is 5.02 Å². The molecule has 33 heavy (non-hydrogen) atoms. The molecule has 0 fully saturated rings. The number of carbonyl (C=O) groups excluding carboxylic acids is 1. The Morgan fingerprint density at radius 3 is 2.88 bits per heavy atom. The number of carbonyl (C=O) groups is 1. The largest absolute Gasteiger partial charge is 0.494 e. The van der Waals surface area contributed by atoms with Gasteiger partial charge < -0.3 is 9.30 Å². The molecule has 0 saturated carbocycles. The predicted octanol–water partition coefficient (Wildman–Crippen LogP) is 6.10. The quantitative estimate of drug-likeness (QED) is 0.259. The van der Waals surface area contributed by atoms with E-state index < -0.39 is 0 Å². The fraction of sp³-hybridized carbons (Fsp3) is 0.208. The van der Waals surface area contributed by atoms with E-state index in [0.717, 1.165) is 34.5 Å². The molecular weight excluding hydrogens is 479 g/mol. The van der Waals surface area contributed by atoms with Crippen LogP contribution in [0.15, 0.2) is 67.3 Å². The standard InChI is InChI=1S/C24H23ClN4O2S.ClH/c1-2-31-19-9-10-21-22(16-19)32-24(27-21)29(14-5-13-28-15-12-26-17-28)23(30)11-8-18-6-3-4-7-20(18)25;/h3-4,6-12,15-17H,2,5,13-14H2,1H3;1H/b11-8+;. The van der Waals surface area contributed by atoms with Gasteiger partial charge in [-0.2, -0.15) is 0 Å². The van der Waals surface area contributed by atoms with Crippen molar-refractivity contribution in [2.45, 2.75) is 19.9 Å². The Balaban J connectivity index is 0.00000306. The summed E-state index contributed by atoms with van der Waals surface area (Å²) in [5, 5.41) is 1.26. The fourth-order valence-corrected chi connectivity index (χ4v) is 4.48. The Morgan fingerprint density at radius 1 is 1.27 bits per heavy atom. The topological polar surface area (TPSA) is 60.2 Å². The molecule has 0 unspecified atom stereocenters. The minimum Gasteiger partial charge on any atom is -0.494 e. The van der Waals surface area contributed by atoms with Gasteiger partial charge in [0.15, 0.2) is 5.13 Å². The molecular formula is C24H24Cl2N4O2S. The van der Waals surface area contributed by atoms with Crippen molar-refractivity contribution in [1.29, 1.82) is 0 Å². The monoisotopic (exact) mass is 502 g/mol. The summed E-state index contributed by atoms with van der Waals surface area (Å²) in [5.74, 6) is 0.659. The maximum atomic E-state index is 13.2. The van der Waals surface area contributed by atoms with Gasteiger partial charge in [0.05, 0.1) is 23.2 Å². The zero-order valence-electron chi connectivity index (χ0n) is 18.1. The number of aromatic nitrogens is 3. The molecule has 9 heteroatoms. The summed E-state index contributed by atoms with van der Waals surface area (Å²) in [6, 6.07) is 13.2. The van der Waals surface area contributed by atoms with Crippen LogP contribution in [-0.4, -0.2) is 33.6 Å². The van der Waals surface area contributed by atoms with Crippen molar-refractivity contribution in [2.24, 2.45) is 0 Å². The minimum atomic E-state index is -0.139. The summed E-state index contributed by atoms with van der Waals surface area (Å²) in [6.07, 6.45) is 9.50. The summed E-state index contributed by atoms with van der Waals surface area (Å²) in [4.78, 5) is 23.7. The maximum Gasteiger partial charge on any atom is 0.252 e. The molecule has 6 nitrogen and oxygen atoms in total. The van der Waals surface area contributed by atoms with Crippen molar-refractivity contribution >= 4 is 62.7 Å². The second kappa shape index (κ2) is 11.8. The Labute approximate surface area is 207 Å². The molecule has 0 saturated heterocycles. The first-order valence-corrected chi connectivity index (χ1v) is 11.6. The van der Waals surface area contributed by atoms with E-state index in [-0.39, 0.29) is 18.3 Å². The number of amides is 1. The molecule has 0 aliphatic carbocycles. The average molecular weight is 503 g/mol. The van der Waals surface area contributed by atoms with Crippen molar-refractivity contribution < 1.29 is 9.53 Å². The van der Waals surface area contributed by atoms with E-state index in [0.29, 0.717) is 23.3 Å². The van der Waals surface area contributed by atoms with E-state index in [1.165, 1.54) is 11.3 Å². The smallest absolute Gasteiger partial charge is 0.252 e. The lowest BCUT2D eigenvalue weighted by Gasteiger charge is -2.18. The second-order valence-corrected chi connectivity index (χ2v) is 8.47. The number of rotatable bonds is 9. The number of hydrogen-bond acceptors (Lipinski definition) is 5. The third-order valence-electron chi connectivity index (χ3n) is 4.82. The van der Waals surface area contributed by atoms with Gasteiger partial charge in [-0.25, -0.2) is 9.97 Å². The zero-order chi connectivity index (χ0) is 22.3. The van der Waals surface area contributed by atoms with Gasteiger partial charge in [0, 0.05) is 36.6 Å². The Bertz CT molecular complexity index is 1220. The maximum absolute atomic E-state index is 13.2. The predicted molar refractivity (Wildman–Crippen MR) is 138 cm³/mol. The van der Waals surface area contributed by atoms with E-state index >= 15 is 0 Å². The van der Waals surface area contributed by atoms with Gasteiger partial charge in [0.25, 0.3) is 5.91 Å².